The molecule has 0 fully saturated rings. The number of hydrogen-bond acceptors (Lipinski definition) is 4. The van der Waals surface area contributed by atoms with Gasteiger partial charge in [-0.25, -0.2) is 0 Å². The van der Waals surface area contributed by atoms with E-state index in [9.17, 15) is 10.1 Å². The minimum atomic E-state index is -0.372. The van der Waals surface area contributed by atoms with Crippen LogP contribution < -0.4 is 5.32 Å². The Balaban J connectivity index is 2.49. The van der Waals surface area contributed by atoms with E-state index in [0.29, 0.717) is 17.1 Å². The standard InChI is InChI=1S/C14H22ClN3O2/c1-3-8-17(4-2)9-7-16-11-12-10-13(15)5-6-14(12)18(19)20/h5-6,10,16H,3-4,7-9,11H2,1-2H3. The third-order valence-electron chi connectivity index (χ3n) is 3.15. The van der Waals surface area contributed by atoms with Crippen molar-refractivity contribution in [1.82, 2.24) is 10.2 Å². The lowest BCUT2D eigenvalue weighted by atomic mass is 10.2. The fourth-order valence-electron chi connectivity index (χ4n) is 2.08. The number of likely N-dealkylation sites (N-methyl/N-ethyl adjacent to an activating group) is 1. The van der Waals surface area contributed by atoms with Gasteiger partial charge in [0.25, 0.3) is 5.69 Å². The first-order valence-electron chi connectivity index (χ1n) is 6.94. The zero-order valence-electron chi connectivity index (χ0n) is 12.1. The van der Waals surface area contributed by atoms with Crippen LogP contribution in [-0.2, 0) is 6.54 Å². The summed E-state index contributed by atoms with van der Waals surface area (Å²) in [5.41, 5.74) is 0.740. The molecule has 0 saturated heterocycles. The number of benzene rings is 1. The molecule has 0 aromatic heterocycles. The molecule has 20 heavy (non-hydrogen) atoms. The van der Waals surface area contributed by atoms with Gasteiger partial charge in [0, 0.05) is 36.3 Å². The lowest BCUT2D eigenvalue weighted by molar-refractivity contribution is -0.385. The van der Waals surface area contributed by atoms with Gasteiger partial charge in [-0.2, -0.15) is 0 Å². The van der Waals surface area contributed by atoms with Crippen LogP contribution in [0.2, 0.25) is 5.02 Å². The Morgan fingerprint density at radius 2 is 2.10 bits per heavy atom. The first-order chi connectivity index (χ1) is 9.58. The molecule has 112 valence electrons. The second-order valence-corrected chi connectivity index (χ2v) is 5.08. The molecular formula is C14H22ClN3O2. The van der Waals surface area contributed by atoms with Crippen LogP contribution in [0, 0.1) is 10.1 Å². The minimum Gasteiger partial charge on any atom is -0.311 e. The number of rotatable bonds is 9. The molecule has 6 heteroatoms. The zero-order chi connectivity index (χ0) is 15.0. The Labute approximate surface area is 125 Å². The summed E-state index contributed by atoms with van der Waals surface area (Å²) < 4.78 is 0. The smallest absolute Gasteiger partial charge is 0.273 e. The van der Waals surface area contributed by atoms with E-state index in [2.05, 4.69) is 24.1 Å². The summed E-state index contributed by atoms with van der Waals surface area (Å²) in [6.07, 6.45) is 1.13. The number of hydrogen-bond donors (Lipinski definition) is 1. The summed E-state index contributed by atoms with van der Waals surface area (Å²) in [7, 11) is 0. The summed E-state index contributed by atoms with van der Waals surface area (Å²) >= 11 is 5.89. The summed E-state index contributed by atoms with van der Waals surface area (Å²) in [4.78, 5) is 12.9. The molecule has 5 nitrogen and oxygen atoms in total. The number of nitrogens with zero attached hydrogens (tertiary/aromatic N) is 2. The third-order valence-corrected chi connectivity index (χ3v) is 3.38. The zero-order valence-corrected chi connectivity index (χ0v) is 12.8. The predicted octanol–water partition coefficient (Wildman–Crippen LogP) is 3.07. The maximum atomic E-state index is 10.9. The highest BCUT2D eigenvalue weighted by Gasteiger charge is 2.13. The van der Waals surface area contributed by atoms with E-state index in [1.807, 2.05) is 0 Å². The summed E-state index contributed by atoms with van der Waals surface area (Å²) in [6, 6.07) is 4.65. The van der Waals surface area contributed by atoms with Crippen LogP contribution in [0.5, 0.6) is 0 Å². The van der Waals surface area contributed by atoms with Gasteiger partial charge < -0.3 is 10.2 Å². The molecule has 0 aliphatic heterocycles. The molecule has 1 aromatic rings. The predicted molar refractivity (Wildman–Crippen MR) is 82.2 cm³/mol. The monoisotopic (exact) mass is 299 g/mol. The largest absolute Gasteiger partial charge is 0.311 e. The van der Waals surface area contributed by atoms with E-state index in [1.54, 1.807) is 12.1 Å². The van der Waals surface area contributed by atoms with E-state index >= 15 is 0 Å². The molecule has 0 bridgehead atoms. The molecule has 1 rings (SSSR count). The van der Waals surface area contributed by atoms with Crippen LogP contribution in [0.4, 0.5) is 5.69 Å². The summed E-state index contributed by atoms with van der Waals surface area (Å²) in [5.74, 6) is 0. The minimum absolute atomic E-state index is 0.114. The Morgan fingerprint density at radius 1 is 1.35 bits per heavy atom. The number of halogens is 1. The average molecular weight is 300 g/mol. The van der Waals surface area contributed by atoms with Gasteiger partial charge >= 0.3 is 0 Å². The van der Waals surface area contributed by atoms with Crippen LogP contribution >= 0.6 is 11.6 Å². The van der Waals surface area contributed by atoms with E-state index < -0.39 is 0 Å². The van der Waals surface area contributed by atoms with Crippen LogP contribution in [0.3, 0.4) is 0 Å². The van der Waals surface area contributed by atoms with Crippen LogP contribution in [0.15, 0.2) is 18.2 Å². The molecule has 0 saturated carbocycles. The van der Waals surface area contributed by atoms with E-state index in [0.717, 1.165) is 32.6 Å². The van der Waals surface area contributed by atoms with Gasteiger partial charge in [0.2, 0.25) is 0 Å². The van der Waals surface area contributed by atoms with Gasteiger partial charge in [0.05, 0.1) is 4.92 Å². The molecule has 0 unspecified atom stereocenters. The van der Waals surface area contributed by atoms with Gasteiger partial charge in [-0.3, -0.25) is 10.1 Å². The first kappa shape index (κ1) is 16.9. The quantitative estimate of drug-likeness (QED) is 0.432. The van der Waals surface area contributed by atoms with Crippen LogP contribution in [-0.4, -0.2) is 36.0 Å². The Morgan fingerprint density at radius 3 is 2.70 bits per heavy atom. The highest BCUT2D eigenvalue weighted by molar-refractivity contribution is 6.30. The van der Waals surface area contributed by atoms with Crippen molar-refractivity contribution in [3.8, 4) is 0 Å². The SMILES string of the molecule is CCCN(CC)CCNCc1cc(Cl)ccc1[N+](=O)[O-]. The van der Waals surface area contributed by atoms with E-state index in [1.165, 1.54) is 6.07 Å². The van der Waals surface area contributed by atoms with Gasteiger partial charge in [0.15, 0.2) is 0 Å². The maximum absolute atomic E-state index is 10.9. The molecule has 0 aliphatic rings. The Kier molecular flexibility index (Phi) is 7.51. The molecule has 1 aromatic carbocycles. The van der Waals surface area contributed by atoms with Crippen molar-refractivity contribution in [3.63, 3.8) is 0 Å². The maximum Gasteiger partial charge on any atom is 0.273 e. The molecule has 0 atom stereocenters. The highest BCUT2D eigenvalue weighted by Crippen LogP contribution is 2.22. The van der Waals surface area contributed by atoms with Crippen LogP contribution in [0.25, 0.3) is 0 Å². The molecule has 0 radical (unpaired) electrons. The molecule has 0 heterocycles. The second-order valence-electron chi connectivity index (χ2n) is 4.64. The number of nitro benzene ring substituents is 1. The third kappa shape index (κ3) is 5.45. The summed E-state index contributed by atoms with van der Waals surface area (Å²) in [6.45, 7) is 8.60. The lowest BCUT2D eigenvalue weighted by Crippen LogP contribution is -2.32. The Hall–Kier alpha value is -1.17. The van der Waals surface area contributed by atoms with Crippen molar-refractivity contribution >= 4 is 17.3 Å². The molecular weight excluding hydrogens is 278 g/mol. The van der Waals surface area contributed by atoms with Gasteiger partial charge in [-0.15, -0.1) is 0 Å². The van der Waals surface area contributed by atoms with Gasteiger partial charge in [0.1, 0.15) is 0 Å². The fraction of sp³-hybridized carbons (Fsp3) is 0.571. The normalized spacial score (nSPS) is 11.0. The highest BCUT2D eigenvalue weighted by atomic mass is 35.5. The lowest BCUT2D eigenvalue weighted by Gasteiger charge is -2.19. The van der Waals surface area contributed by atoms with Crippen molar-refractivity contribution in [2.24, 2.45) is 0 Å². The van der Waals surface area contributed by atoms with Crippen molar-refractivity contribution < 1.29 is 4.92 Å². The van der Waals surface area contributed by atoms with E-state index in [4.69, 9.17) is 11.6 Å². The fourth-order valence-corrected chi connectivity index (χ4v) is 2.27. The Bertz CT molecular complexity index is 440. The molecule has 1 N–H and O–H groups in total. The summed E-state index contributed by atoms with van der Waals surface area (Å²) in [5, 5.41) is 14.7. The van der Waals surface area contributed by atoms with Gasteiger partial charge in [-0.05, 0) is 31.6 Å². The second kappa shape index (κ2) is 8.89. The van der Waals surface area contributed by atoms with Crippen molar-refractivity contribution in [1.29, 1.82) is 0 Å². The van der Waals surface area contributed by atoms with Gasteiger partial charge in [-0.1, -0.05) is 25.4 Å². The molecule has 0 spiro atoms. The molecule has 0 aliphatic carbocycles. The van der Waals surface area contributed by atoms with Crippen LogP contribution in [0.1, 0.15) is 25.8 Å². The topological polar surface area (TPSA) is 58.4 Å². The van der Waals surface area contributed by atoms with Crippen molar-refractivity contribution in [2.45, 2.75) is 26.8 Å². The van der Waals surface area contributed by atoms with Crippen molar-refractivity contribution in [2.75, 3.05) is 26.2 Å². The first-order valence-corrected chi connectivity index (χ1v) is 7.32. The molecule has 0 amide bonds. The number of nitro groups is 1. The van der Waals surface area contributed by atoms with Crippen molar-refractivity contribution in [3.05, 3.63) is 38.9 Å². The van der Waals surface area contributed by atoms with E-state index in [-0.39, 0.29) is 10.6 Å². The number of nitrogens with one attached hydrogen (secondary N) is 1. The average Bonchev–Trinajstić information content (AvgIpc) is 2.42.